The number of hydrogen-bond donors (Lipinski definition) is 4. The predicted molar refractivity (Wildman–Crippen MR) is 121 cm³/mol. The Morgan fingerprint density at radius 2 is 2.10 bits per heavy atom. The highest BCUT2D eigenvalue weighted by Crippen LogP contribution is 2.18. The summed E-state index contributed by atoms with van der Waals surface area (Å²) in [6.45, 7) is 4.79. The van der Waals surface area contributed by atoms with Crippen LogP contribution in [0.4, 0.5) is 11.6 Å². The lowest BCUT2D eigenvalue weighted by atomic mass is 10.2. The molecule has 5 N–H and O–H groups in total. The van der Waals surface area contributed by atoms with Crippen LogP contribution in [0.3, 0.4) is 0 Å². The monoisotopic (exact) mass is 421 g/mol. The summed E-state index contributed by atoms with van der Waals surface area (Å²) in [5, 5.41) is 13.7. The van der Waals surface area contributed by atoms with Gasteiger partial charge in [-0.05, 0) is 11.6 Å². The lowest BCUT2D eigenvalue weighted by Gasteiger charge is -2.26. The van der Waals surface area contributed by atoms with Crippen LogP contribution < -0.4 is 16.4 Å². The molecule has 0 saturated carbocycles. The first-order valence-electron chi connectivity index (χ1n) is 10.2. The van der Waals surface area contributed by atoms with Gasteiger partial charge >= 0.3 is 0 Å². The maximum atomic E-state index is 7.56. The van der Waals surface area contributed by atoms with Gasteiger partial charge in [-0.15, -0.1) is 0 Å². The molecule has 162 valence electrons. The van der Waals surface area contributed by atoms with Crippen LogP contribution in [0.5, 0.6) is 0 Å². The minimum absolute atomic E-state index is 0.314. The molecular weight excluding hydrogens is 394 g/mol. The molecule has 0 amide bonds. The summed E-state index contributed by atoms with van der Waals surface area (Å²) >= 11 is 0. The van der Waals surface area contributed by atoms with E-state index in [1.165, 1.54) is 6.21 Å². The van der Waals surface area contributed by atoms with Crippen LogP contribution in [-0.2, 0) is 17.8 Å². The van der Waals surface area contributed by atoms with Gasteiger partial charge in [-0.25, -0.2) is 15.0 Å². The Bertz CT molecular complexity index is 1090. The molecule has 4 heterocycles. The van der Waals surface area contributed by atoms with Crippen LogP contribution in [0.2, 0.25) is 0 Å². The van der Waals surface area contributed by atoms with E-state index in [4.69, 9.17) is 15.9 Å². The molecule has 0 unspecified atom stereocenters. The Balaban J connectivity index is 1.50. The highest BCUT2D eigenvalue weighted by molar-refractivity contribution is 6.07. The summed E-state index contributed by atoms with van der Waals surface area (Å²) in [5.41, 5.74) is 10.3. The van der Waals surface area contributed by atoms with E-state index in [1.54, 1.807) is 19.4 Å². The zero-order valence-corrected chi connectivity index (χ0v) is 17.5. The average molecular weight is 422 g/mol. The number of fused-ring (bicyclic) bond motifs is 1. The number of aromatic nitrogens is 4. The molecule has 1 aliphatic rings. The molecule has 3 aromatic heterocycles. The lowest BCUT2D eigenvalue weighted by Crippen LogP contribution is -2.35. The van der Waals surface area contributed by atoms with Gasteiger partial charge in [0.15, 0.2) is 11.6 Å². The van der Waals surface area contributed by atoms with Crippen molar-refractivity contribution in [2.45, 2.75) is 13.1 Å². The van der Waals surface area contributed by atoms with Gasteiger partial charge in [0, 0.05) is 57.4 Å². The van der Waals surface area contributed by atoms with Crippen molar-refractivity contribution >= 4 is 29.1 Å². The molecule has 1 saturated heterocycles. The largest absolute Gasteiger partial charge is 0.393 e. The lowest BCUT2D eigenvalue weighted by molar-refractivity contribution is 0.0335. The van der Waals surface area contributed by atoms with E-state index in [0.29, 0.717) is 29.4 Å². The number of nitrogen functional groups attached to an aromatic ring is 1. The number of nitrogens with zero attached hydrogens (tertiary/aromatic N) is 5. The smallest absolute Gasteiger partial charge is 0.169 e. The van der Waals surface area contributed by atoms with Crippen LogP contribution in [-0.4, -0.2) is 63.8 Å². The zero-order chi connectivity index (χ0) is 21.6. The summed E-state index contributed by atoms with van der Waals surface area (Å²) < 4.78 is 7.57. The molecule has 0 radical (unpaired) electrons. The van der Waals surface area contributed by atoms with Crippen LogP contribution in [0.25, 0.3) is 11.2 Å². The average Bonchev–Trinajstić information content (AvgIpc) is 3.19. The number of rotatable bonds is 8. The van der Waals surface area contributed by atoms with E-state index < -0.39 is 0 Å². The van der Waals surface area contributed by atoms with E-state index in [9.17, 15) is 0 Å². The van der Waals surface area contributed by atoms with Crippen LogP contribution >= 0.6 is 0 Å². The molecule has 10 nitrogen and oxygen atoms in total. The molecule has 4 rings (SSSR count). The third kappa shape index (κ3) is 4.81. The molecule has 1 fully saturated rings. The topological polar surface area (TPSA) is 129 Å². The number of allylic oxidation sites excluding steroid dienone is 1. The third-order valence-corrected chi connectivity index (χ3v) is 5.14. The fourth-order valence-corrected chi connectivity index (χ4v) is 3.48. The van der Waals surface area contributed by atoms with E-state index >= 15 is 0 Å². The van der Waals surface area contributed by atoms with Gasteiger partial charge in [0.25, 0.3) is 0 Å². The van der Waals surface area contributed by atoms with E-state index in [-0.39, 0.29) is 0 Å². The first kappa shape index (κ1) is 20.8. The minimum Gasteiger partial charge on any atom is -0.393 e. The molecule has 0 bridgehead atoms. The molecule has 31 heavy (non-hydrogen) atoms. The number of morpholine rings is 1. The van der Waals surface area contributed by atoms with E-state index in [1.807, 2.05) is 18.3 Å². The van der Waals surface area contributed by atoms with Gasteiger partial charge < -0.3 is 30.9 Å². The standard InChI is InChI=1S/C21H27N9O/c1-24-10-16(8-22)18-12-26-20(23)21(28-18)27-9-15-2-3-19-25-11-17(30(19)13-15)14-29-4-6-31-7-5-29/h2-3,8,10-13,22,24H,4-7,9,14H2,1H3,(H2,23,26)(H,27,28)/b16-10+,22-8?. The number of nitrogens with two attached hydrogens (primary N) is 1. The van der Waals surface area contributed by atoms with Crippen molar-refractivity contribution in [1.29, 1.82) is 5.41 Å². The maximum absolute atomic E-state index is 7.56. The second kappa shape index (κ2) is 9.54. The summed E-state index contributed by atoms with van der Waals surface area (Å²) in [5.74, 6) is 0.801. The predicted octanol–water partition coefficient (Wildman–Crippen LogP) is 1.36. The number of ether oxygens (including phenoxy) is 1. The number of anilines is 2. The number of nitrogens with one attached hydrogen (secondary N) is 3. The fourth-order valence-electron chi connectivity index (χ4n) is 3.48. The molecule has 1 aliphatic heterocycles. The van der Waals surface area contributed by atoms with Crippen molar-refractivity contribution in [2.75, 3.05) is 44.4 Å². The van der Waals surface area contributed by atoms with Crippen LogP contribution in [0, 0.1) is 5.41 Å². The summed E-state index contributed by atoms with van der Waals surface area (Å²) in [4.78, 5) is 15.6. The molecule has 3 aromatic rings. The molecular formula is C21H27N9O. The number of hydrogen-bond acceptors (Lipinski definition) is 9. The van der Waals surface area contributed by atoms with E-state index in [2.05, 4.69) is 41.1 Å². The second-order valence-corrected chi connectivity index (χ2v) is 7.28. The number of imidazole rings is 1. The van der Waals surface area contributed by atoms with Crippen molar-refractivity contribution in [3.05, 3.63) is 53.9 Å². The van der Waals surface area contributed by atoms with Gasteiger partial charge in [0.1, 0.15) is 5.65 Å². The van der Waals surface area contributed by atoms with Crippen molar-refractivity contribution in [1.82, 2.24) is 29.6 Å². The van der Waals surface area contributed by atoms with Crippen molar-refractivity contribution in [3.8, 4) is 0 Å². The zero-order valence-electron chi connectivity index (χ0n) is 17.5. The highest BCUT2D eigenvalue weighted by atomic mass is 16.5. The summed E-state index contributed by atoms with van der Waals surface area (Å²) in [6, 6.07) is 4.04. The minimum atomic E-state index is 0.314. The Morgan fingerprint density at radius 3 is 2.87 bits per heavy atom. The van der Waals surface area contributed by atoms with Crippen LogP contribution in [0.1, 0.15) is 17.0 Å². The maximum Gasteiger partial charge on any atom is 0.169 e. The van der Waals surface area contributed by atoms with Crippen molar-refractivity contribution in [2.24, 2.45) is 0 Å². The Kier molecular flexibility index (Phi) is 6.39. The summed E-state index contributed by atoms with van der Waals surface area (Å²) in [7, 11) is 1.77. The Morgan fingerprint density at radius 1 is 1.26 bits per heavy atom. The molecule has 0 aromatic carbocycles. The van der Waals surface area contributed by atoms with Gasteiger partial charge in [-0.1, -0.05) is 6.07 Å². The van der Waals surface area contributed by atoms with Crippen LogP contribution in [0.15, 0.2) is 36.9 Å². The first-order chi connectivity index (χ1) is 15.2. The highest BCUT2D eigenvalue weighted by Gasteiger charge is 2.14. The van der Waals surface area contributed by atoms with Gasteiger partial charge in [-0.2, -0.15) is 0 Å². The Hall–Kier alpha value is -3.50. The van der Waals surface area contributed by atoms with Gasteiger partial charge in [0.2, 0.25) is 0 Å². The number of pyridine rings is 1. The van der Waals surface area contributed by atoms with E-state index in [0.717, 1.165) is 49.8 Å². The molecule has 0 spiro atoms. The normalized spacial score (nSPS) is 15.2. The first-order valence-corrected chi connectivity index (χ1v) is 10.2. The second-order valence-electron chi connectivity index (χ2n) is 7.28. The SMILES string of the molecule is CN/C=C(\C=N)c1cnc(N)c(NCc2ccc3ncc(CN4CCOCC4)n3c2)n1. The Labute approximate surface area is 180 Å². The van der Waals surface area contributed by atoms with Crippen molar-refractivity contribution in [3.63, 3.8) is 0 Å². The van der Waals surface area contributed by atoms with Crippen molar-refractivity contribution < 1.29 is 4.74 Å². The molecule has 10 heteroatoms. The van der Waals surface area contributed by atoms with Gasteiger partial charge in [0.05, 0.1) is 37.0 Å². The van der Waals surface area contributed by atoms with Gasteiger partial charge in [-0.3, -0.25) is 4.90 Å². The molecule has 0 aliphatic carbocycles. The molecule has 0 atom stereocenters. The fraction of sp³-hybridized carbons (Fsp3) is 0.333. The summed E-state index contributed by atoms with van der Waals surface area (Å²) in [6.07, 6.45) is 8.50. The quantitative estimate of drug-likeness (QED) is 0.401. The third-order valence-electron chi connectivity index (χ3n) is 5.14.